The van der Waals surface area contributed by atoms with Crippen LogP contribution in [0.15, 0.2) is 24.3 Å². The fraction of sp³-hybridized carbons (Fsp3) is 0.720. The zero-order chi connectivity index (χ0) is 22.8. The van der Waals surface area contributed by atoms with E-state index in [-0.39, 0.29) is 22.7 Å². The molecule has 4 nitrogen and oxygen atoms in total. The molecular weight excluding hydrogens is 409 g/mol. The lowest BCUT2D eigenvalue weighted by atomic mass is 9.89. The molecule has 1 aliphatic heterocycles. The minimum Gasteiger partial charge on any atom is -0.480 e. The number of nitrogens with zero attached hydrogens (tertiary/aromatic N) is 1. The molecule has 31 heavy (non-hydrogen) atoms. The van der Waals surface area contributed by atoms with Crippen LogP contribution in [0.2, 0.25) is 18.1 Å². The predicted molar refractivity (Wildman–Crippen MR) is 125 cm³/mol. The summed E-state index contributed by atoms with van der Waals surface area (Å²) in [5, 5.41) is 10.1. The third kappa shape index (κ3) is 5.96. The van der Waals surface area contributed by atoms with Gasteiger partial charge in [0.1, 0.15) is 11.9 Å². The molecule has 1 aromatic rings. The zero-order valence-electron chi connectivity index (χ0n) is 19.9. The summed E-state index contributed by atoms with van der Waals surface area (Å²) in [5.74, 6) is -0.194. The van der Waals surface area contributed by atoms with Gasteiger partial charge in [0.15, 0.2) is 8.32 Å². The van der Waals surface area contributed by atoms with Gasteiger partial charge in [-0.2, -0.15) is 0 Å². The molecule has 6 heteroatoms. The summed E-state index contributed by atoms with van der Waals surface area (Å²) >= 11 is 0. The molecule has 1 aromatic carbocycles. The molecule has 1 N–H and O–H groups in total. The van der Waals surface area contributed by atoms with E-state index in [4.69, 9.17) is 4.43 Å². The average molecular weight is 450 g/mol. The van der Waals surface area contributed by atoms with Crippen LogP contribution in [0.1, 0.15) is 64.4 Å². The maximum Gasteiger partial charge on any atom is 0.320 e. The van der Waals surface area contributed by atoms with E-state index in [0.29, 0.717) is 25.6 Å². The van der Waals surface area contributed by atoms with Crippen molar-refractivity contribution < 1.29 is 18.7 Å². The van der Waals surface area contributed by atoms with Crippen molar-refractivity contribution in [1.29, 1.82) is 0 Å². The third-order valence-corrected chi connectivity index (χ3v) is 12.5. The Kier molecular flexibility index (Phi) is 7.65. The van der Waals surface area contributed by atoms with E-state index in [1.165, 1.54) is 18.9 Å². The van der Waals surface area contributed by atoms with Crippen LogP contribution in [0.4, 0.5) is 4.39 Å². The molecule has 0 radical (unpaired) electrons. The van der Waals surface area contributed by atoms with Gasteiger partial charge in [0.2, 0.25) is 0 Å². The molecule has 0 amide bonds. The summed E-state index contributed by atoms with van der Waals surface area (Å²) in [6.07, 6.45) is 5.44. The molecule has 1 aliphatic carbocycles. The Morgan fingerprint density at radius 3 is 2.52 bits per heavy atom. The highest BCUT2D eigenvalue weighted by atomic mass is 28.4. The van der Waals surface area contributed by atoms with E-state index in [0.717, 1.165) is 24.8 Å². The molecule has 0 spiro atoms. The molecule has 174 valence electrons. The molecule has 3 rings (SSSR count). The van der Waals surface area contributed by atoms with Gasteiger partial charge in [-0.25, -0.2) is 4.39 Å². The molecule has 2 aliphatic rings. The van der Waals surface area contributed by atoms with Gasteiger partial charge in [0, 0.05) is 31.5 Å². The standard InChI is InChI=1S/C25H40FNO3Si/c1-25(2,3)31(4,5)30-17-20-15-27(16-22(20)19-11-8-12-21(26)14-19)23(24(28)29)13-18-9-6-7-10-18/h8,11-12,14,18,20,22-23H,6-7,9-10,13,15-17H2,1-5H3,(H,28,29)/t20-,22-,23-/m1/s1. The maximum atomic E-state index is 14.0. The van der Waals surface area contributed by atoms with E-state index in [1.807, 2.05) is 6.07 Å². The Hall–Kier alpha value is -1.24. The van der Waals surface area contributed by atoms with Crippen molar-refractivity contribution in [2.45, 2.75) is 83.0 Å². The number of benzene rings is 1. The van der Waals surface area contributed by atoms with Crippen LogP contribution in [0, 0.1) is 17.7 Å². The lowest BCUT2D eigenvalue weighted by Crippen LogP contribution is -2.43. The summed E-state index contributed by atoms with van der Waals surface area (Å²) < 4.78 is 20.6. The average Bonchev–Trinajstić information content (AvgIpc) is 3.33. The molecule has 0 unspecified atom stereocenters. The van der Waals surface area contributed by atoms with E-state index in [1.54, 1.807) is 12.1 Å². The Labute approximate surface area is 188 Å². The van der Waals surface area contributed by atoms with Gasteiger partial charge in [-0.3, -0.25) is 9.69 Å². The van der Waals surface area contributed by atoms with Gasteiger partial charge >= 0.3 is 5.97 Å². The fourth-order valence-electron chi connectivity index (χ4n) is 4.94. The fourth-order valence-corrected chi connectivity index (χ4v) is 6.01. The van der Waals surface area contributed by atoms with Gasteiger partial charge in [-0.15, -0.1) is 0 Å². The van der Waals surface area contributed by atoms with Crippen molar-refractivity contribution in [2.75, 3.05) is 19.7 Å². The summed E-state index contributed by atoms with van der Waals surface area (Å²) in [5.41, 5.74) is 0.955. The zero-order valence-corrected chi connectivity index (χ0v) is 20.9. The van der Waals surface area contributed by atoms with Crippen LogP contribution in [0.25, 0.3) is 0 Å². The van der Waals surface area contributed by atoms with E-state index < -0.39 is 20.3 Å². The van der Waals surface area contributed by atoms with Gasteiger partial charge in [0.25, 0.3) is 0 Å². The molecule has 1 saturated carbocycles. The van der Waals surface area contributed by atoms with E-state index >= 15 is 0 Å². The van der Waals surface area contributed by atoms with E-state index in [2.05, 4.69) is 38.8 Å². The molecule has 2 fully saturated rings. The van der Waals surface area contributed by atoms with Crippen molar-refractivity contribution in [3.63, 3.8) is 0 Å². The van der Waals surface area contributed by atoms with Crippen LogP contribution in [0.3, 0.4) is 0 Å². The third-order valence-electron chi connectivity index (χ3n) is 7.97. The van der Waals surface area contributed by atoms with Crippen LogP contribution in [0.5, 0.6) is 0 Å². The second kappa shape index (κ2) is 9.71. The molecule has 1 heterocycles. The topological polar surface area (TPSA) is 49.8 Å². The minimum atomic E-state index is -1.92. The quantitative estimate of drug-likeness (QED) is 0.502. The first-order chi connectivity index (χ1) is 14.5. The number of likely N-dealkylation sites (tertiary alicyclic amines) is 1. The first-order valence-electron chi connectivity index (χ1n) is 11.8. The summed E-state index contributed by atoms with van der Waals surface area (Å²) in [6.45, 7) is 13.1. The number of halogens is 1. The number of hydrogen-bond acceptors (Lipinski definition) is 3. The molecule has 0 aromatic heterocycles. The van der Waals surface area contributed by atoms with Crippen molar-refractivity contribution >= 4 is 14.3 Å². The van der Waals surface area contributed by atoms with E-state index in [9.17, 15) is 14.3 Å². The molecule has 0 bridgehead atoms. The summed E-state index contributed by atoms with van der Waals surface area (Å²) in [6, 6.07) is 6.35. The van der Waals surface area contributed by atoms with Gasteiger partial charge < -0.3 is 9.53 Å². The van der Waals surface area contributed by atoms with Crippen molar-refractivity contribution in [2.24, 2.45) is 11.8 Å². The normalized spacial score (nSPS) is 24.6. The Bertz CT molecular complexity index is 757. The number of aliphatic carboxylic acids is 1. The van der Waals surface area contributed by atoms with Crippen LogP contribution < -0.4 is 0 Å². The summed E-state index contributed by atoms with van der Waals surface area (Å²) in [7, 11) is -1.92. The van der Waals surface area contributed by atoms with Crippen molar-refractivity contribution in [3.05, 3.63) is 35.6 Å². The number of carboxylic acid groups (broad SMARTS) is 1. The van der Waals surface area contributed by atoms with Gasteiger partial charge in [0.05, 0.1) is 0 Å². The monoisotopic (exact) mass is 449 g/mol. The van der Waals surface area contributed by atoms with Gasteiger partial charge in [-0.05, 0) is 48.2 Å². The first-order valence-corrected chi connectivity index (χ1v) is 14.7. The number of hydrogen-bond donors (Lipinski definition) is 1. The largest absolute Gasteiger partial charge is 0.480 e. The highest BCUT2D eigenvalue weighted by Gasteiger charge is 2.43. The van der Waals surface area contributed by atoms with Crippen molar-refractivity contribution in [3.8, 4) is 0 Å². The Morgan fingerprint density at radius 2 is 1.94 bits per heavy atom. The highest BCUT2D eigenvalue weighted by Crippen LogP contribution is 2.40. The predicted octanol–water partition coefficient (Wildman–Crippen LogP) is 5.90. The van der Waals surface area contributed by atoms with Crippen LogP contribution >= 0.6 is 0 Å². The SMILES string of the molecule is CC(C)(C)[Si](C)(C)OC[C@H]1CN([C@H](CC2CCCC2)C(=O)O)C[C@@H]1c1cccc(F)c1. The first kappa shape index (κ1) is 24.4. The lowest BCUT2D eigenvalue weighted by molar-refractivity contribution is -0.143. The summed E-state index contributed by atoms with van der Waals surface area (Å²) in [4.78, 5) is 14.3. The second-order valence-electron chi connectivity index (χ2n) is 11.2. The number of carboxylic acids is 1. The maximum absolute atomic E-state index is 14.0. The molecular formula is C25H40FNO3Si. The van der Waals surface area contributed by atoms with Crippen LogP contribution in [-0.2, 0) is 9.22 Å². The lowest BCUT2D eigenvalue weighted by Gasteiger charge is -2.37. The minimum absolute atomic E-state index is 0.0888. The van der Waals surface area contributed by atoms with Crippen molar-refractivity contribution in [1.82, 2.24) is 4.90 Å². The Balaban J connectivity index is 1.79. The molecule has 3 atom stereocenters. The van der Waals surface area contributed by atoms with Gasteiger partial charge in [-0.1, -0.05) is 58.6 Å². The number of rotatable bonds is 8. The Morgan fingerprint density at radius 1 is 1.26 bits per heavy atom. The smallest absolute Gasteiger partial charge is 0.320 e. The number of carbonyl (C=O) groups is 1. The second-order valence-corrected chi connectivity index (χ2v) is 16.0. The molecule has 1 saturated heterocycles. The highest BCUT2D eigenvalue weighted by molar-refractivity contribution is 6.74. The van der Waals surface area contributed by atoms with Crippen LogP contribution in [-0.4, -0.2) is 50.0 Å².